The smallest absolute Gasteiger partial charge is 0.0532 e. The van der Waals surface area contributed by atoms with Gasteiger partial charge in [0.25, 0.3) is 0 Å². The Kier molecular flexibility index (Phi) is 3.56. The molecular weight excluding hydrogens is 282 g/mol. The van der Waals surface area contributed by atoms with E-state index < -0.39 is 0 Å². The summed E-state index contributed by atoms with van der Waals surface area (Å²) in [7, 11) is 0. The number of nitrogens with one attached hydrogen (secondary N) is 1. The Morgan fingerprint density at radius 2 is 1.91 bits per heavy atom. The van der Waals surface area contributed by atoms with Gasteiger partial charge in [-0.05, 0) is 40.5 Å². The number of aromatic nitrogens is 1. The summed E-state index contributed by atoms with van der Waals surface area (Å²) in [6, 6.07) is 19.2. The summed E-state index contributed by atoms with van der Waals surface area (Å²) >= 11 is 0. The van der Waals surface area contributed by atoms with Gasteiger partial charge in [-0.2, -0.15) is 0 Å². The van der Waals surface area contributed by atoms with Crippen LogP contribution in [0.2, 0.25) is 0 Å². The van der Waals surface area contributed by atoms with Crippen LogP contribution in [0.4, 0.5) is 5.69 Å². The molecule has 0 amide bonds. The van der Waals surface area contributed by atoms with E-state index in [1.165, 1.54) is 33.5 Å². The second kappa shape index (κ2) is 5.86. The molecule has 3 aromatic rings. The van der Waals surface area contributed by atoms with Crippen LogP contribution in [0.15, 0.2) is 60.8 Å². The highest BCUT2D eigenvalue weighted by atomic mass is 14.9. The molecule has 0 unspecified atom stereocenters. The zero-order valence-corrected chi connectivity index (χ0v) is 12.9. The van der Waals surface area contributed by atoms with Crippen LogP contribution in [0, 0.1) is 0 Å². The molecule has 3 heteroatoms. The third-order valence-electron chi connectivity index (χ3n) is 4.32. The molecule has 0 bridgehead atoms. The van der Waals surface area contributed by atoms with E-state index in [1.54, 1.807) is 0 Å². The van der Waals surface area contributed by atoms with E-state index in [4.69, 9.17) is 5.73 Å². The van der Waals surface area contributed by atoms with Gasteiger partial charge >= 0.3 is 0 Å². The Morgan fingerprint density at radius 3 is 2.83 bits per heavy atom. The van der Waals surface area contributed by atoms with Gasteiger partial charge in [0.05, 0.1) is 5.69 Å². The van der Waals surface area contributed by atoms with Gasteiger partial charge < -0.3 is 11.1 Å². The molecule has 0 radical (unpaired) electrons. The first-order valence-electron chi connectivity index (χ1n) is 7.97. The summed E-state index contributed by atoms with van der Waals surface area (Å²) in [6.45, 7) is 1.41. The molecule has 2 aromatic carbocycles. The lowest BCUT2D eigenvalue weighted by atomic mass is 9.96. The maximum Gasteiger partial charge on any atom is 0.0532 e. The normalized spacial score (nSPS) is 11.9. The van der Waals surface area contributed by atoms with E-state index in [0.717, 1.165) is 18.7 Å². The van der Waals surface area contributed by atoms with E-state index in [9.17, 15) is 0 Å². The number of pyridine rings is 1. The second-order valence-electron chi connectivity index (χ2n) is 5.81. The first kappa shape index (κ1) is 14.0. The van der Waals surface area contributed by atoms with Crippen LogP contribution < -0.4 is 11.1 Å². The van der Waals surface area contributed by atoms with E-state index in [2.05, 4.69) is 64.9 Å². The topological polar surface area (TPSA) is 50.9 Å². The summed E-state index contributed by atoms with van der Waals surface area (Å²) in [6.07, 6.45) is 2.84. The minimum atomic E-state index is 0.627. The van der Waals surface area contributed by atoms with Crippen molar-refractivity contribution in [1.29, 1.82) is 0 Å². The van der Waals surface area contributed by atoms with Crippen LogP contribution in [0.25, 0.3) is 22.3 Å². The third-order valence-corrected chi connectivity index (χ3v) is 4.32. The SMILES string of the molecule is NCCNc1cccc(-c2ccnc3c2-c2ccccc2C3)c1. The average molecular weight is 301 g/mol. The molecule has 1 aromatic heterocycles. The molecule has 0 saturated carbocycles. The van der Waals surface area contributed by atoms with Crippen molar-refractivity contribution in [2.75, 3.05) is 18.4 Å². The monoisotopic (exact) mass is 301 g/mol. The van der Waals surface area contributed by atoms with Crippen LogP contribution in [0.5, 0.6) is 0 Å². The van der Waals surface area contributed by atoms with Gasteiger partial charge in [0.15, 0.2) is 0 Å². The highest BCUT2D eigenvalue weighted by Crippen LogP contribution is 2.42. The quantitative estimate of drug-likeness (QED) is 0.604. The minimum absolute atomic E-state index is 0.627. The lowest BCUT2D eigenvalue weighted by Gasteiger charge is -2.11. The fourth-order valence-corrected chi connectivity index (χ4v) is 3.29. The van der Waals surface area contributed by atoms with Gasteiger partial charge in [-0.25, -0.2) is 0 Å². The van der Waals surface area contributed by atoms with Crippen molar-refractivity contribution in [2.24, 2.45) is 5.73 Å². The molecular formula is C20H19N3. The van der Waals surface area contributed by atoms with Crippen LogP contribution in [-0.2, 0) is 6.42 Å². The Bertz CT molecular complexity index is 855. The number of hydrogen-bond acceptors (Lipinski definition) is 3. The number of nitrogens with two attached hydrogens (primary N) is 1. The summed E-state index contributed by atoms with van der Waals surface area (Å²) in [5.74, 6) is 0. The van der Waals surface area contributed by atoms with E-state index in [-0.39, 0.29) is 0 Å². The first-order chi connectivity index (χ1) is 11.4. The number of fused-ring (bicyclic) bond motifs is 3. The van der Waals surface area contributed by atoms with Crippen LogP contribution in [0.1, 0.15) is 11.3 Å². The highest BCUT2D eigenvalue weighted by Gasteiger charge is 2.22. The number of hydrogen-bond donors (Lipinski definition) is 2. The second-order valence-corrected chi connectivity index (χ2v) is 5.81. The number of anilines is 1. The Balaban J connectivity index is 1.82. The molecule has 23 heavy (non-hydrogen) atoms. The third kappa shape index (κ3) is 2.49. The van der Waals surface area contributed by atoms with Crippen LogP contribution >= 0.6 is 0 Å². The number of rotatable bonds is 4. The molecule has 0 saturated heterocycles. The largest absolute Gasteiger partial charge is 0.384 e. The molecule has 3 nitrogen and oxygen atoms in total. The van der Waals surface area contributed by atoms with Crippen molar-refractivity contribution in [3.05, 3.63) is 72.1 Å². The molecule has 0 atom stereocenters. The standard InChI is InChI=1S/C20H19N3/c21-9-11-22-16-6-3-5-14(12-16)18-8-10-23-19-13-15-4-1-2-7-17(15)20(18)19/h1-8,10,12,22H,9,11,13,21H2. The van der Waals surface area contributed by atoms with Gasteiger partial charge in [0.1, 0.15) is 0 Å². The maximum absolute atomic E-state index is 5.58. The minimum Gasteiger partial charge on any atom is -0.384 e. The van der Waals surface area contributed by atoms with Gasteiger partial charge in [-0.3, -0.25) is 4.98 Å². The van der Waals surface area contributed by atoms with Crippen molar-refractivity contribution < 1.29 is 0 Å². The molecule has 114 valence electrons. The van der Waals surface area contributed by atoms with E-state index >= 15 is 0 Å². The van der Waals surface area contributed by atoms with Gasteiger partial charge in [0.2, 0.25) is 0 Å². The molecule has 0 spiro atoms. The predicted molar refractivity (Wildman–Crippen MR) is 95.5 cm³/mol. The number of benzene rings is 2. The summed E-state index contributed by atoms with van der Waals surface area (Å²) in [5, 5.41) is 3.35. The summed E-state index contributed by atoms with van der Waals surface area (Å²) in [5.41, 5.74) is 14.3. The molecule has 0 fully saturated rings. The lowest BCUT2D eigenvalue weighted by Crippen LogP contribution is -2.12. The zero-order chi connectivity index (χ0) is 15.6. The van der Waals surface area contributed by atoms with E-state index in [0.29, 0.717) is 6.54 Å². The molecule has 1 heterocycles. The van der Waals surface area contributed by atoms with Crippen molar-refractivity contribution >= 4 is 5.69 Å². The van der Waals surface area contributed by atoms with Crippen LogP contribution in [-0.4, -0.2) is 18.1 Å². The zero-order valence-electron chi connectivity index (χ0n) is 12.9. The Hall–Kier alpha value is -2.65. The first-order valence-corrected chi connectivity index (χ1v) is 7.97. The average Bonchev–Trinajstić information content (AvgIpc) is 2.99. The molecule has 1 aliphatic carbocycles. The lowest BCUT2D eigenvalue weighted by molar-refractivity contribution is 1.02. The van der Waals surface area contributed by atoms with Gasteiger partial charge in [-0.1, -0.05) is 36.4 Å². The predicted octanol–water partition coefficient (Wildman–Crippen LogP) is 3.69. The fraction of sp³-hybridized carbons (Fsp3) is 0.150. The fourth-order valence-electron chi connectivity index (χ4n) is 3.29. The van der Waals surface area contributed by atoms with Gasteiger partial charge in [0, 0.05) is 37.0 Å². The van der Waals surface area contributed by atoms with Crippen molar-refractivity contribution in [1.82, 2.24) is 4.98 Å². The summed E-state index contributed by atoms with van der Waals surface area (Å²) < 4.78 is 0. The van der Waals surface area contributed by atoms with Crippen molar-refractivity contribution in [3.63, 3.8) is 0 Å². The maximum atomic E-state index is 5.58. The number of nitrogens with zero attached hydrogens (tertiary/aromatic N) is 1. The molecule has 4 rings (SSSR count). The Morgan fingerprint density at radius 1 is 1.00 bits per heavy atom. The van der Waals surface area contributed by atoms with Crippen molar-refractivity contribution in [3.8, 4) is 22.3 Å². The Labute approximate surface area is 136 Å². The van der Waals surface area contributed by atoms with Crippen LogP contribution in [0.3, 0.4) is 0 Å². The highest BCUT2D eigenvalue weighted by molar-refractivity contribution is 5.89. The van der Waals surface area contributed by atoms with Gasteiger partial charge in [-0.15, -0.1) is 0 Å². The summed E-state index contributed by atoms with van der Waals surface area (Å²) in [4.78, 5) is 4.60. The van der Waals surface area contributed by atoms with Crippen molar-refractivity contribution in [2.45, 2.75) is 6.42 Å². The molecule has 3 N–H and O–H groups in total. The molecule has 1 aliphatic rings. The molecule has 0 aliphatic heterocycles. The van der Waals surface area contributed by atoms with E-state index in [1.807, 2.05) is 6.20 Å².